The normalized spacial score (nSPS) is 16.3. The Balaban J connectivity index is 2.38. The average molecular weight is 337 g/mol. The lowest BCUT2D eigenvalue weighted by molar-refractivity contribution is -0.146. The summed E-state index contributed by atoms with van der Waals surface area (Å²) in [5, 5.41) is 9.13. The molecule has 7 heteroatoms. The quantitative estimate of drug-likeness (QED) is 0.782. The van der Waals surface area contributed by atoms with Gasteiger partial charge >= 0.3 is 5.97 Å². The van der Waals surface area contributed by atoms with Gasteiger partial charge in [0, 0.05) is 12.1 Å². The maximum atomic E-state index is 12.6. The molecular weight excluding hydrogens is 314 g/mol. The van der Waals surface area contributed by atoms with Crippen LogP contribution in [0.25, 0.3) is 0 Å². The van der Waals surface area contributed by atoms with Crippen LogP contribution in [0.2, 0.25) is 0 Å². The fourth-order valence-corrected chi connectivity index (χ4v) is 2.57. The molecule has 0 radical (unpaired) electrons. The molecule has 132 valence electrons. The lowest BCUT2D eigenvalue weighted by Gasteiger charge is -2.38. The molecule has 2 rings (SSSR count). The molecule has 1 aliphatic heterocycles. The van der Waals surface area contributed by atoms with Crippen molar-refractivity contribution in [2.75, 3.05) is 26.4 Å². The zero-order valence-electron chi connectivity index (χ0n) is 14.2. The van der Waals surface area contributed by atoms with Crippen LogP contribution in [0.4, 0.5) is 0 Å². The van der Waals surface area contributed by atoms with E-state index in [1.54, 1.807) is 12.1 Å². The Hall–Kier alpha value is -2.44. The van der Waals surface area contributed by atoms with Gasteiger partial charge in [-0.2, -0.15) is 0 Å². The number of carbonyl (C=O) groups excluding carboxylic acids is 1. The SMILES string of the molecule is CCOc1cc(C(=O)N2CC[C@@H]2C(=O)O)cc(OCC)c1OCC. The van der Waals surface area contributed by atoms with Crippen molar-refractivity contribution in [2.45, 2.75) is 33.2 Å². The van der Waals surface area contributed by atoms with E-state index in [-0.39, 0.29) is 5.91 Å². The number of amides is 1. The van der Waals surface area contributed by atoms with Crippen LogP contribution >= 0.6 is 0 Å². The molecule has 1 N–H and O–H groups in total. The van der Waals surface area contributed by atoms with Crippen molar-refractivity contribution in [2.24, 2.45) is 0 Å². The molecule has 1 atom stereocenters. The summed E-state index contributed by atoms with van der Waals surface area (Å²) in [7, 11) is 0. The first-order chi connectivity index (χ1) is 11.5. The summed E-state index contributed by atoms with van der Waals surface area (Å²) in [6, 6.07) is 2.39. The maximum absolute atomic E-state index is 12.6. The standard InChI is InChI=1S/C17H23NO6/c1-4-22-13-9-11(10-14(23-5-2)15(13)24-6-3)16(19)18-8-7-12(18)17(20)21/h9-10,12H,4-8H2,1-3H3,(H,20,21)/t12-/m1/s1. The van der Waals surface area contributed by atoms with Crippen molar-refractivity contribution in [3.8, 4) is 17.2 Å². The van der Waals surface area contributed by atoms with Crippen molar-refractivity contribution < 1.29 is 28.9 Å². The number of rotatable bonds is 8. The lowest BCUT2D eigenvalue weighted by Crippen LogP contribution is -2.55. The molecule has 1 amide bonds. The van der Waals surface area contributed by atoms with Crippen LogP contribution in [0.1, 0.15) is 37.6 Å². The van der Waals surface area contributed by atoms with E-state index in [2.05, 4.69) is 0 Å². The fraction of sp³-hybridized carbons (Fsp3) is 0.529. The molecule has 24 heavy (non-hydrogen) atoms. The van der Waals surface area contributed by atoms with Gasteiger partial charge in [0.1, 0.15) is 6.04 Å². The van der Waals surface area contributed by atoms with Crippen LogP contribution in [-0.2, 0) is 4.79 Å². The van der Waals surface area contributed by atoms with Gasteiger partial charge in [-0.1, -0.05) is 0 Å². The van der Waals surface area contributed by atoms with Gasteiger partial charge in [0.15, 0.2) is 11.5 Å². The average Bonchev–Trinajstić information content (AvgIpc) is 2.48. The van der Waals surface area contributed by atoms with E-state index in [1.807, 2.05) is 20.8 Å². The van der Waals surface area contributed by atoms with Crippen LogP contribution in [0.5, 0.6) is 17.2 Å². The van der Waals surface area contributed by atoms with Crippen LogP contribution in [0.3, 0.4) is 0 Å². The third-order valence-corrected chi connectivity index (χ3v) is 3.72. The number of ether oxygens (including phenoxy) is 3. The molecule has 7 nitrogen and oxygen atoms in total. The Kier molecular flexibility index (Phi) is 5.89. The van der Waals surface area contributed by atoms with E-state index in [0.29, 0.717) is 55.6 Å². The van der Waals surface area contributed by atoms with E-state index in [4.69, 9.17) is 19.3 Å². The Morgan fingerprint density at radius 3 is 2.00 bits per heavy atom. The third kappa shape index (κ3) is 3.55. The second-order valence-electron chi connectivity index (χ2n) is 5.24. The van der Waals surface area contributed by atoms with E-state index >= 15 is 0 Å². The van der Waals surface area contributed by atoms with E-state index in [0.717, 1.165) is 0 Å². The van der Waals surface area contributed by atoms with Crippen LogP contribution < -0.4 is 14.2 Å². The van der Waals surface area contributed by atoms with E-state index in [9.17, 15) is 9.59 Å². The van der Waals surface area contributed by atoms with Gasteiger partial charge < -0.3 is 24.2 Å². The van der Waals surface area contributed by atoms with Crippen molar-refractivity contribution >= 4 is 11.9 Å². The minimum absolute atomic E-state index is 0.330. The summed E-state index contributed by atoms with van der Waals surface area (Å²) in [5.41, 5.74) is 0.330. The highest BCUT2D eigenvalue weighted by atomic mass is 16.5. The zero-order valence-corrected chi connectivity index (χ0v) is 14.2. The molecule has 0 aliphatic carbocycles. The predicted molar refractivity (Wildman–Crippen MR) is 87.0 cm³/mol. The number of aliphatic carboxylic acids is 1. The topological polar surface area (TPSA) is 85.3 Å². The number of hydrogen-bond acceptors (Lipinski definition) is 5. The minimum Gasteiger partial charge on any atom is -0.490 e. The lowest BCUT2D eigenvalue weighted by atomic mass is 10.0. The predicted octanol–water partition coefficient (Wildman–Crippen LogP) is 2.18. The molecule has 1 aromatic carbocycles. The zero-order chi connectivity index (χ0) is 17.7. The second-order valence-corrected chi connectivity index (χ2v) is 5.24. The number of carboxylic acid groups (broad SMARTS) is 1. The van der Waals surface area contributed by atoms with Crippen molar-refractivity contribution in [1.82, 2.24) is 4.90 Å². The van der Waals surface area contributed by atoms with Gasteiger partial charge in [0.25, 0.3) is 5.91 Å². The highest BCUT2D eigenvalue weighted by Gasteiger charge is 2.38. The number of carboxylic acids is 1. The number of hydrogen-bond donors (Lipinski definition) is 1. The van der Waals surface area contributed by atoms with Crippen molar-refractivity contribution in [3.05, 3.63) is 17.7 Å². The summed E-state index contributed by atoms with van der Waals surface area (Å²) in [6.07, 6.45) is 0.467. The Morgan fingerprint density at radius 2 is 1.62 bits per heavy atom. The number of benzene rings is 1. The Labute approximate surface area is 141 Å². The highest BCUT2D eigenvalue weighted by molar-refractivity contribution is 5.98. The summed E-state index contributed by atoms with van der Waals surface area (Å²) in [4.78, 5) is 25.1. The van der Waals surface area contributed by atoms with Gasteiger partial charge in [-0.05, 0) is 39.3 Å². The molecule has 0 saturated carbocycles. The van der Waals surface area contributed by atoms with E-state index < -0.39 is 12.0 Å². The smallest absolute Gasteiger partial charge is 0.326 e. The molecule has 1 aromatic rings. The summed E-state index contributed by atoms with van der Waals surface area (Å²) in [6.45, 7) is 7.19. The molecule has 0 spiro atoms. The molecule has 1 fully saturated rings. The Bertz CT molecular complexity index is 588. The van der Waals surface area contributed by atoms with Gasteiger partial charge in [-0.15, -0.1) is 0 Å². The van der Waals surface area contributed by atoms with E-state index in [1.165, 1.54) is 4.90 Å². The first-order valence-corrected chi connectivity index (χ1v) is 8.13. The molecule has 0 aromatic heterocycles. The largest absolute Gasteiger partial charge is 0.490 e. The summed E-state index contributed by atoms with van der Waals surface area (Å²) >= 11 is 0. The van der Waals surface area contributed by atoms with Gasteiger partial charge in [-0.25, -0.2) is 4.79 Å². The molecule has 1 saturated heterocycles. The molecule has 1 heterocycles. The second kappa shape index (κ2) is 7.90. The first-order valence-electron chi connectivity index (χ1n) is 8.13. The molecular formula is C17H23NO6. The number of likely N-dealkylation sites (tertiary alicyclic amines) is 1. The fourth-order valence-electron chi connectivity index (χ4n) is 2.57. The van der Waals surface area contributed by atoms with Crippen LogP contribution in [0, 0.1) is 0 Å². The minimum atomic E-state index is -0.990. The van der Waals surface area contributed by atoms with Gasteiger partial charge in [0.2, 0.25) is 5.75 Å². The maximum Gasteiger partial charge on any atom is 0.326 e. The first kappa shape index (κ1) is 17.9. The summed E-state index contributed by atoms with van der Waals surface area (Å²) < 4.78 is 16.8. The number of carbonyl (C=O) groups is 2. The summed E-state index contributed by atoms with van der Waals surface area (Å²) in [5.74, 6) is -0.0487. The Morgan fingerprint density at radius 1 is 1.08 bits per heavy atom. The molecule has 0 bridgehead atoms. The van der Waals surface area contributed by atoms with Gasteiger partial charge in [0.05, 0.1) is 19.8 Å². The highest BCUT2D eigenvalue weighted by Crippen LogP contribution is 2.40. The van der Waals surface area contributed by atoms with Gasteiger partial charge in [-0.3, -0.25) is 4.79 Å². The van der Waals surface area contributed by atoms with Crippen molar-refractivity contribution in [3.63, 3.8) is 0 Å². The van der Waals surface area contributed by atoms with Crippen molar-refractivity contribution in [1.29, 1.82) is 0 Å². The molecule has 1 aliphatic rings. The van der Waals surface area contributed by atoms with Crippen LogP contribution in [-0.4, -0.2) is 54.3 Å². The third-order valence-electron chi connectivity index (χ3n) is 3.72. The molecule has 0 unspecified atom stereocenters. The number of nitrogens with zero attached hydrogens (tertiary/aromatic N) is 1. The van der Waals surface area contributed by atoms with Crippen LogP contribution in [0.15, 0.2) is 12.1 Å². The monoisotopic (exact) mass is 337 g/mol.